The molecule has 114 valence electrons. The highest BCUT2D eigenvalue weighted by atomic mass is 16.5. The summed E-state index contributed by atoms with van der Waals surface area (Å²) in [6.45, 7) is 7.00. The van der Waals surface area contributed by atoms with Gasteiger partial charge in [-0.1, -0.05) is 6.92 Å². The van der Waals surface area contributed by atoms with Crippen LogP contribution >= 0.6 is 0 Å². The van der Waals surface area contributed by atoms with Gasteiger partial charge in [0.25, 0.3) is 5.91 Å². The number of carbonyl (C=O) groups excluding carboxylic acids is 1. The van der Waals surface area contributed by atoms with Crippen LogP contribution in [0.1, 0.15) is 34.6 Å². The van der Waals surface area contributed by atoms with Crippen molar-refractivity contribution in [1.29, 1.82) is 0 Å². The van der Waals surface area contributed by atoms with E-state index in [0.717, 1.165) is 29.3 Å². The second-order valence-corrected chi connectivity index (χ2v) is 4.84. The maximum Gasteiger partial charge on any atom is 0.291 e. The van der Waals surface area contributed by atoms with Crippen LogP contribution in [0.5, 0.6) is 0 Å². The summed E-state index contributed by atoms with van der Waals surface area (Å²) in [7, 11) is 1.65. The van der Waals surface area contributed by atoms with Crippen LogP contribution in [0.15, 0.2) is 16.5 Å². The van der Waals surface area contributed by atoms with E-state index in [1.807, 2.05) is 31.5 Å². The van der Waals surface area contributed by atoms with Gasteiger partial charge in [0.1, 0.15) is 5.76 Å². The smallest absolute Gasteiger partial charge is 0.291 e. The first kappa shape index (κ1) is 15.3. The number of anilines is 1. The van der Waals surface area contributed by atoms with Crippen LogP contribution in [0.4, 0.5) is 5.69 Å². The number of furan rings is 1. The Balaban J connectivity index is 2.15. The number of ether oxygens (including phenoxy) is 1. The van der Waals surface area contributed by atoms with Gasteiger partial charge in [-0.25, -0.2) is 0 Å². The van der Waals surface area contributed by atoms with Gasteiger partial charge in [0.15, 0.2) is 5.76 Å². The number of aromatic nitrogens is 2. The molecule has 0 unspecified atom stereocenters. The van der Waals surface area contributed by atoms with Gasteiger partial charge in [0.05, 0.1) is 30.2 Å². The largest absolute Gasteiger partial charge is 0.456 e. The first-order valence-electron chi connectivity index (χ1n) is 6.99. The van der Waals surface area contributed by atoms with Crippen molar-refractivity contribution >= 4 is 11.6 Å². The summed E-state index contributed by atoms with van der Waals surface area (Å²) < 4.78 is 12.3. The molecule has 0 aliphatic heterocycles. The van der Waals surface area contributed by atoms with Crippen LogP contribution < -0.4 is 5.32 Å². The molecule has 0 bridgehead atoms. The van der Waals surface area contributed by atoms with Crippen LogP contribution in [0.2, 0.25) is 0 Å². The standard InChI is InChI=1S/C15H21N3O3/c1-5-12-6-7-13(21-12)15(19)16-14-10(2)17-18(11(14)3)8-9-20-4/h6-7H,5,8-9H2,1-4H3,(H,16,19). The van der Waals surface area contributed by atoms with Crippen LogP contribution in [0, 0.1) is 13.8 Å². The Morgan fingerprint density at radius 1 is 1.43 bits per heavy atom. The van der Waals surface area contributed by atoms with Crippen molar-refractivity contribution in [3.63, 3.8) is 0 Å². The van der Waals surface area contributed by atoms with Gasteiger partial charge in [0, 0.05) is 13.5 Å². The molecule has 0 radical (unpaired) electrons. The Kier molecular flexibility index (Phi) is 4.80. The normalized spacial score (nSPS) is 10.9. The zero-order valence-electron chi connectivity index (χ0n) is 12.9. The third-order valence-corrected chi connectivity index (χ3v) is 3.36. The van der Waals surface area contributed by atoms with Crippen molar-refractivity contribution in [3.8, 4) is 0 Å². The Morgan fingerprint density at radius 2 is 2.19 bits per heavy atom. The molecule has 6 heteroatoms. The molecule has 0 aliphatic rings. The fourth-order valence-electron chi connectivity index (χ4n) is 2.14. The predicted octanol–water partition coefficient (Wildman–Crippen LogP) is 2.55. The fraction of sp³-hybridized carbons (Fsp3) is 0.467. The second-order valence-electron chi connectivity index (χ2n) is 4.84. The summed E-state index contributed by atoms with van der Waals surface area (Å²) in [5, 5.41) is 7.28. The number of amides is 1. The summed E-state index contributed by atoms with van der Waals surface area (Å²) in [6.07, 6.45) is 0.764. The van der Waals surface area contributed by atoms with Crippen molar-refractivity contribution in [2.75, 3.05) is 19.0 Å². The zero-order chi connectivity index (χ0) is 15.4. The van der Waals surface area contributed by atoms with Gasteiger partial charge in [0.2, 0.25) is 0 Å². The molecular formula is C15H21N3O3. The number of rotatable bonds is 6. The SMILES string of the molecule is CCc1ccc(C(=O)Nc2c(C)nn(CCOC)c2C)o1. The maximum atomic E-state index is 12.2. The number of nitrogens with zero attached hydrogens (tertiary/aromatic N) is 2. The average Bonchev–Trinajstić information content (AvgIpc) is 3.05. The molecule has 0 saturated heterocycles. The minimum absolute atomic E-state index is 0.257. The molecule has 0 spiro atoms. The third-order valence-electron chi connectivity index (χ3n) is 3.36. The van der Waals surface area contributed by atoms with E-state index in [1.165, 1.54) is 0 Å². The van der Waals surface area contributed by atoms with Gasteiger partial charge in [-0.3, -0.25) is 9.48 Å². The molecule has 1 N–H and O–H groups in total. The highest BCUT2D eigenvalue weighted by Gasteiger charge is 2.17. The van der Waals surface area contributed by atoms with Crippen LogP contribution in [-0.2, 0) is 17.7 Å². The van der Waals surface area contributed by atoms with Crippen molar-refractivity contribution in [2.24, 2.45) is 0 Å². The van der Waals surface area contributed by atoms with Crippen molar-refractivity contribution < 1.29 is 13.9 Å². The molecule has 0 saturated carbocycles. The zero-order valence-corrected chi connectivity index (χ0v) is 12.9. The Labute approximate surface area is 124 Å². The van der Waals surface area contributed by atoms with Gasteiger partial charge in [-0.05, 0) is 26.0 Å². The van der Waals surface area contributed by atoms with E-state index in [-0.39, 0.29) is 5.91 Å². The number of carbonyl (C=O) groups is 1. The molecule has 0 atom stereocenters. The summed E-state index contributed by atoms with van der Waals surface area (Å²) in [5.41, 5.74) is 2.41. The van der Waals surface area contributed by atoms with Crippen LogP contribution in [-0.4, -0.2) is 29.4 Å². The van der Waals surface area contributed by atoms with E-state index in [4.69, 9.17) is 9.15 Å². The Bertz CT molecular complexity index is 628. The van der Waals surface area contributed by atoms with Gasteiger partial charge in [-0.15, -0.1) is 0 Å². The number of hydrogen-bond donors (Lipinski definition) is 1. The van der Waals surface area contributed by atoms with E-state index in [0.29, 0.717) is 18.9 Å². The number of hydrogen-bond acceptors (Lipinski definition) is 4. The summed E-state index contributed by atoms with van der Waals surface area (Å²) in [5.74, 6) is 0.854. The molecule has 21 heavy (non-hydrogen) atoms. The molecule has 2 aromatic rings. The minimum Gasteiger partial charge on any atom is -0.456 e. The number of aryl methyl sites for hydroxylation is 2. The lowest BCUT2D eigenvalue weighted by molar-refractivity contribution is 0.0995. The molecule has 2 rings (SSSR count). The van der Waals surface area contributed by atoms with Crippen molar-refractivity contribution in [1.82, 2.24) is 9.78 Å². The fourth-order valence-corrected chi connectivity index (χ4v) is 2.14. The third kappa shape index (κ3) is 3.33. The predicted molar refractivity (Wildman–Crippen MR) is 79.6 cm³/mol. The van der Waals surface area contributed by atoms with Gasteiger partial charge in [-0.2, -0.15) is 5.10 Å². The molecular weight excluding hydrogens is 270 g/mol. The molecule has 0 aliphatic carbocycles. The average molecular weight is 291 g/mol. The molecule has 6 nitrogen and oxygen atoms in total. The van der Waals surface area contributed by atoms with E-state index < -0.39 is 0 Å². The van der Waals surface area contributed by atoms with E-state index >= 15 is 0 Å². The minimum atomic E-state index is -0.257. The van der Waals surface area contributed by atoms with Crippen LogP contribution in [0.3, 0.4) is 0 Å². The maximum absolute atomic E-state index is 12.2. The lowest BCUT2D eigenvalue weighted by Crippen LogP contribution is -2.13. The number of methoxy groups -OCH3 is 1. The van der Waals surface area contributed by atoms with Crippen LogP contribution in [0.25, 0.3) is 0 Å². The summed E-state index contributed by atoms with van der Waals surface area (Å²) >= 11 is 0. The first-order chi connectivity index (χ1) is 10.1. The highest BCUT2D eigenvalue weighted by molar-refractivity contribution is 6.02. The summed E-state index contributed by atoms with van der Waals surface area (Å²) in [6, 6.07) is 3.50. The Hall–Kier alpha value is -2.08. The first-order valence-corrected chi connectivity index (χ1v) is 6.99. The quantitative estimate of drug-likeness (QED) is 0.888. The van der Waals surface area contributed by atoms with E-state index in [9.17, 15) is 4.79 Å². The lowest BCUT2D eigenvalue weighted by atomic mass is 10.3. The van der Waals surface area contributed by atoms with Gasteiger partial charge < -0.3 is 14.5 Å². The second kappa shape index (κ2) is 6.58. The van der Waals surface area contributed by atoms with E-state index in [1.54, 1.807) is 13.2 Å². The monoisotopic (exact) mass is 291 g/mol. The molecule has 2 heterocycles. The topological polar surface area (TPSA) is 69.3 Å². The van der Waals surface area contributed by atoms with Crippen molar-refractivity contribution in [2.45, 2.75) is 33.7 Å². The molecule has 1 amide bonds. The van der Waals surface area contributed by atoms with Gasteiger partial charge >= 0.3 is 0 Å². The molecule has 0 fully saturated rings. The molecule has 2 aromatic heterocycles. The van der Waals surface area contributed by atoms with E-state index in [2.05, 4.69) is 10.4 Å². The summed E-state index contributed by atoms with van der Waals surface area (Å²) in [4.78, 5) is 12.2. The molecule has 0 aromatic carbocycles. The lowest BCUT2D eigenvalue weighted by Gasteiger charge is -2.05. The van der Waals surface area contributed by atoms with Crippen molar-refractivity contribution in [3.05, 3.63) is 35.0 Å². The highest BCUT2D eigenvalue weighted by Crippen LogP contribution is 2.21. The Morgan fingerprint density at radius 3 is 2.81 bits per heavy atom. The number of nitrogens with one attached hydrogen (secondary N) is 1.